The molecule has 1 aromatic rings. The number of benzene rings is 1. The molecule has 1 unspecified atom stereocenters. The first-order valence-electron chi connectivity index (χ1n) is 8.51. The Labute approximate surface area is 158 Å². The van der Waals surface area contributed by atoms with Crippen molar-refractivity contribution in [1.82, 2.24) is 10.2 Å². The predicted molar refractivity (Wildman–Crippen MR) is 107 cm³/mol. The Morgan fingerprint density at radius 1 is 1.25 bits per heavy atom. The standard InChI is InChI=1S/C18H29N3O.2ClH/c1-4-12-20(5-2)16-10-8-15(9-11-16)18(22)21-13-6-7-17(21)14-19-3;;/h8-11,17,19H,4-7,12-14H2,1-3H3;2*1H. The van der Waals surface area contributed by atoms with Crippen molar-refractivity contribution >= 4 is 36.4 Å². The van der Waals surface area contributed by atoms with E-state index in [9.17, 15) is 4.79 Å². The smallest absolute Gasteiger partial charge is 0.254 e. The maximum atomic E-state index is 12.7. The van der Waals surface area contributed by atoms with Crippen LogP contribution in [0, 0.1) is 0 Å². The molecular weight excluding hydrogens is 345 g/mol. The summed E-state index contributed by atoms with van der Waals surface area (Å²) in [6.45, 7) is 8.17. The second-order valence-electron chi connectivity index (χ2n) is 5.98. The lowest BCUT2D eigenvalue weighted by atomic mass is 10.1. The van der Waals surface area contributed by atoms with Gasteiger partial charge in [0.25, 0.3) is 5.91 Å². The van der Waals surface area contributed by atoms with Crippen LogP contribution in [0.25, 0.3) is 0 Å². The van der Waals surface area contributed by atoms with Gasteiger partial charge >= 0.3 is 0 Å². The molecule has 0 radical (unpaired) electrons. The third-order valence-corrected chi connectivity index (χ3v) is 4.43. The highest BCUT2D eigenvalue weighted by atomic mass is 35.5. The first-order chi connectivity index (χ1) is 10.7. The zero-order valence-electron chi connectivity index (χ0n) is 15.0. The van der Waals surface area contributed by atoms with Crippen LogP contribution in [0.15, 0.2) is 24.3 Å². The summed E-state index contributed by atoms with van der Waals surface area (Å²) in [7, 11) is 1.95. The molecule has 1 aromatic carbocycles. The highest BCUT2D eigenvalue weighted by molar-refractivity contribution is 5.95. The van der Waals surface area contributed by atoms with Gasteiger partial charge in [0, 0.05) is 43.5 Å². The highest BCUT2D eigenvalue weighted by Crippen LogP contribution is 2.21. The summed E-state index contributed by atoms with van der Waals surface area (Å²) in [6.07, 6.45) is 3.34. The van der Waals surface area contributed by atoms with Gasteiger partial charge in [-0.25, -0.2) is 0 Å². The number of halogens is 2. The molecule has 1 saturated heterocycles. The molecule has 138 valence electrons. The van der Waals surface area contributed by atoms with Crippen molar-refractivity contribution in [3.8, 4) is 0 Å². The fourth-order valence-electron chi connectivity index (χ4n) is 3.27. The Balaban J connectivity index is 0.00000264. The summed E-state index contributed by atoms with van der Waals surface area (Å²) in [5.41, 5.74) is 2.01. The van der Waals surface area contributed by atoms with E-state index in [4.69, 9.17) is 0 Å². The maximum Gasteiger partial charge on any atom is 0.254 e. The molecule has 1 amide bonds. The van der Waals surface area contributed by atoms with Crippen LogP contribution in [0.4, 0.5) is 5.69 Å². The van der Waals surface area contributed by atoms with Gasteiger partial charge in [-0.1, -0.05) is 6.92 Å². The number of carbonyl (C=O) groups excluding carboxylic acids is 1. The molecule has 1 atom stereocenters. The van der Waals surface area contributed by atoms with Crippen molar-refractivity contribution in [2.75, 3.05) is 38.1 Å². The lowest BCUT2D eigenvalue weighted by Crippen LogP contribution is -2.40. The second kappa shape index (κ2) is 11.6. The number of hydrogen-bond acceptors (Lipinski definition) is 3. The maximum absolute atomic E-state index is 12.7. The third-order valence-electron chi connectivity index (χ3n) is 4.43. The van der Waals surface area contributed by atoms with E-state index >= 15 is 0 Å². The first-order valence-corrected chi connectivity index (χ1v) is 8.51. The fourth-order valence-corrected chi connectivity index (χ4v) is 3.27. The lowest BCUT2D eigenvalue weighted by Gasteiger charge is -2.25. The van der Waals surface area contributed by atoms with Gasteiger partial charge in [-0.15, -0.1) is 24.8 Å². The number of carbonyl (C=O) groups is 1. The number of anilines is 1. The largest absolute Gasteiger partial charge is 0.372 e. The molecule has 1 aliphatic heterocycles. The number of likely N-dealkylation sites (tertiary alicyclic amines) is 1. The van der Waals surface area contributed by atoms with Crippen LogP contribution in [-0.2, 0) is 0 Å². The highest BCUT2D eigenvalue weighted by Gasteiger charge is 2.28. The Morgan fingerprint density at radius 2 is 1.92 bits per heavy atom. The number of amides is 1. The molecule has 1 heterocycles. The molecule has 24 heavy (non-hydrogen) atoms. The van der Waals surface area contributed by atoms with Gasteiger partial charge in [0.15, 0.2) is 0 Å². The Kier molecular flexibility index (Phi) is 11.1. The van der Waals surface area contributed by atoms with Gasteiger partial charge in [-0.05, 0) is 57.5 Å². The lowest BCUT2D eigenvalue weighted by molar-refractivity contribution is 0.0737. The zero-order valence-corrected chi connectivity index (χ0v) is 16.6. The van der Waals surface area contributed by atoms with E-state index in [1.54, 1.807) is 0 Å². The monoisotopic (exact) mass is 375 g/mol. The Morgan fingerprint density at radius 3 is 2.46 bits per heavy atom. The van der Waals surface area contributed by atoms with Gasteiger partial charge in [0.05, 0.1) is 0 Å². The SMILES string of the molecule is CCCN(CC)c1ccc(C(=O)N2CCCC2CNC)cc1.Cl.Cl. The topological polar surface area (TPSA) is 35.6 Å². The van der Waals surface area contributed by atoms with Gasteiger partial charge in [0.2, 0.25) is 0 Å². The van der Waals surface area contributed by atoms with E-state index in [0.29, 0.717) is 6.04 Å². The van der Waals surface area contributed by atoms with E-state index in [1.807, 2.05) is 24.1 Å². The van der Waals surface area contributed by atoms with Crippen LogP contribution >= 0.6 is 24.8 Å². The zero-order chi connectivity index (χ0) is 15.9. The van der Waals surface area contributed by atoms with Crippen molar-refractivity contribution in [3.05, 3.63) is 29.8 Å². The Hall–Kier alpha value is -0.970. The van der Waals surface area contributed by atoms with Crippen molar-refractivity contribution in [2.45, 2.75) is 39.2 Å². The second-order valence-corrected chi connectivity index (χ2v) is 5.98. The molecule has 4 nitrogen and oxygen atoms in total. The number of rotatable bonds is 7. The fraction of sp³-hybridized carbons (Fsp3) is 0.611. The van der Waals surface area contributed by atoms with Gasteiger partial charge in [0.1, 0.15) is 0 Å². The van der Waals surface area contributed by atoms with Gasteiger partial charge in [-0.3, -0.25) is 4.79 Å². The average Bonchev–Trinajstić information content (AvgIpc) is 3.01. The van der Waals surface area contributed by atoms with E-state index in [1.165, 1.54) is 5.69 Å². The summed E-state index contributed by atoms with van der Waals surface area (Å²) < 4.78 is 0. The first kappa shape index (κ1) is 23.0. The molecule has 0 aliphatic carbocycles. The van der Waals surface area contributed by atoms with Crippen LogP contribution in [-0.4, -0.2) is 50.1 Å². The molecule has 0 aromatic heterocycles. The van der Waals surface area contributed by atoms with Crippen LogP contribution in [0.1, 0.15) is 43.5 Å². The minimum atomic E-state index is 0. The quantitative estimate of drug-likeness (QED) is 0.790. The van der Waals surface area contributed by atoms with Crippen molar-refractivity contribution in [1.29, 1.82) is 0 Å². The van der Waals surface area contributed by atoms with Gasteiger partial charge < -0.3 is 15.1 Å². The number of nitrogens with one attached hydrogen (secondary N) is 1. The van der Waals surface area contributed by atoms with E-state index in [-0.39, 0.29) is 30.7 Å². The van der Waals surface area contributed by atoms with Crippen LogP contribution in [0.5, 0.6) is 0 Å². The van der Waals surface area contributed by atoms with Crippen molar-refractivity contribution in [2.24, 2.45) is 0 Å². The molecule has 0 saturated carbocycles. The summed E-state index contributed by atoms with van der Waals surface area (Å²) in [6, 6.07) is 8.45. The Bertz CT molecular complexity index is 482. The molecule has 2 rings (SSSR count). The number of likely N-dealkylation sites (N-methyl/N-ethyl adjacent to an activating group) is 1. The summed E-state index contributed by atoms with van der Waals surface area (Å²) >= 11 is 0. The van der Waals surface area contributed by atoms with Crippen molar-refractivity contribution < 1.29 is 4.79 Å². The molecular formula is C18H31Cl2N3O. The molecule has 1 aliphatic rings. The minimum Gasteiger partial charge on any atom is -0.372 e. The third kappa shape index (κ3) is 5.54. The van der Waals surface area contributed by atoms with E-state index in [0.717, 1.165) is 51.0 Å². The average molecular weight is 376 g/mol. The summed E-state index contributed by atoms with van der Waals surface area (Å²) in [5.74, 6) is 0.169. The normalized spacial score (nSPS) is 16.3. The van der Waals surface area contributed by atoms with E-state index in [2.05, 4.69) is 36.2 Å². The van der Waals surface area contributed by atoms with E-state index < -0.39 is 0 Å². The number of nitrogens with zero attached hydrogens (tertiary/aromatic N) is 2. The van der Waals surface area contributed by atoms with Crippen LogP contribution in [0.3, 0.4) is 0 Å². The minimum absolute atomic E-state index is 0. The molecule has 1 N–H and O–H groups in total. The molecule has 0 spiro atoms. The summed E-state index contributed by atoms with van der Waals surface area (Å²) in [5, 5.41) is 3.19. The van der Waals surface area contributed by atoms with Crippen LogP contribution in [0.2, 0.25) is 0 Å². The molecule has 6 heteroatoms. The van der Waals surface area contributed by atoms with Crippen molar-refractivity contribution in [3.63, 3.8) is 0 Å². The number of hydrogen-bond donors (Lipinski definition) is 1. The molecule has 0 bridgehead atoms. The summed E-state index contributed by atoms with van der Waals surface area (Å²) in [4.78, 5) is 17.1. The molecule has 1 fully saturated rings. The van der Waals surface area contributed by atoms with Gasteiger partial charge in [-0.2, -0.15) is 0 Å². The van der Waals surface area contributed by atoms with Crippen LogP contribution < -0.4 is 10.2 Å². The predicted octanol–water partition coefficient (Wildman–Crippen LogP) is 3.59.